The molecule has 0 heterocycles. The van der Waals surface area contributed by atoms with E-state index in [-0.39, 0.29) is 0 Å². The maximum Gasteiger partial charge on any atom is 0.0824 e. The van der Waals surface area contributed by atoms with Crippen LogP contribution in [0, 0.1) is 13.8 Å². The lowest BCUT2D eigenvalue weighted by molar-refractivity contribution is 0.205. The fourth-order valence-corrected chi connectivity index (χ4v) is 3.87. The van der Waals surface area contributed by atoms with Crippen LogP contribution in [0.25, 0.3) is 0 Å². The van der Waals surface area contributed by atoms with Gasteiger partial charge in [0.1, 0.15) is 0 Å². The van der Waals surface area contributed by atoms with Crippen LogP contribution in [-0.2, 0) is 0 Å². The summed E-state index contributed by atoms with van der Waals surface area (Å²) in [7, 11) is 0. The number of rotatable bonds is 9. The smallest absolute Gasteiger partial charge is 0.0824 e. The molecule has 0 fully saturated rings. The summed E-state index contributed by atoms with van der Waals surface area (Å²) in [5.41, 5.74) is 7.65. The highest BCUT2D eigenvalue weighted by molar-refractivity contribution is 7.80. The number of hydrogen-bond acceptors (Lipinski definition) is 5. The molecule has 0 saturated carbocycles. The Labute approximate surface area is 213 Å². The van der Waals surface area contributed by atoms with E-state index in [9.17, 15) is 5.11 Å². The van der Waals surface area contributed by atoms with Crippen molar-refractivity contribution in [2.45, 2.75) is 20.0 Å². The van der Waals surface area contributed by atoms with Gasteiger partial charge in [0, 0.05) is 22.8 Å². The molecule has 35 heavy (non-hydrogen) atoms. The maximum atomic E-state index is 10.1. The van der Waals surface area contributed by atoms with Crippen molar-refractivity contribution in [1.29, 1.82) is 0 Å². The summed E-state index contributed by atoms with van der Waals surface area (Å²) in [6, 6.07) is 35.3. The van der Waals surface area contributed by atoms with E-state index in [0.29, 0.717) is 12.3 Å². The molecule has 5 heteroatoms. The third-order valence-corrected chi connectivity index (χ3v) is 6.15. The molecule has 1 atom stereocenters. The molecule has 0 radical (unpaired) electrons. The number of nitrogens with zero attached hydrogens (tertiary/aromatic N) is 3. The number of aliphatic hydroxyl groups excluding tert-OH is 1. The van der Waals surface area contributed by atoms with Crippen molar-refractivity contribution >= 4 is 41.6 Å². The van der Waals surface area contributed by atoms with Crippen molar-refractivity contribution in [2.24, 2.45) is 5.10 Å². The number of hydrazone groups is 1. The minimum Gasteiger partial charge on any atom is -0.390 e. The number of aryl methyl sites for hydroxylation is 2. The summed E-state index contributed by atoms with van der Waals surface area (Å²) in [4.78, 5) is 2.25. The van der Waals surface area contributed by atoms with Crippen LogP contribution in [0.2, 0.25) is 0 Å². The van der Waals surface area contributed by atoms with Crippen molar-refractivity contribution in [3.8, 4) is 0 Å². The molecule has 4 rings (SSSR count). The molecular formula is C30H31N3OS. The van der Waals surface area contributed by atoms with Gasteiger partial charge in [-0.25, -0.2) is 0 Å². The predicted octanol–water partition coefficient (Wildman–Crippen LogP) is 6.90. The van der Waals surface area contributed by atoms with Crippen molar-refractivity contribution in [3.63, 3.8) is 0 Å². The molecule has 0 aromatic heterocycles. The fourth-order valence-electron chi connectivity index (χ4n) is 3.76. The van der Waals surface area contributed by atoms with Crippen molar-refractivity contribution in [2.75, 3.05) is 22.2 Å². The van der Waals surface area contributed by atoms with Crippen LogP contribution in [-0.4, -0.2) is 29.7 Å². The van der Waals surface area contributed by atoms with Gasteiger partial charge < -0.3 is 10.0 Å². The molecule has 4 aromatic carbocycles. The van der Waals surface area contributed by atoms with Gasteiger partial charge in [0.05, 0.1) is 24.6 Å². The van der Waals surface area contributed by atoms with Gasteiger partial charge in [-0.2, -0.15) is 17.7 Å². The molecule has 0 aliphatic heterocycles. The highest BCUT2D eigenvalue weighted by Gasteiger charge is 2.13. The van der Waals surface area contributed by atoms with Gasteiger partial charge in [0.25, 0.3) is 0 Å². The van der Waals surface area contributed by atoms with E-state index in [1.54, 1.807) is 5.01 Å². The average Bonchev–Trinajstić information content (AvgIpc) is 2.90. The number of thiol groups is 1. The first kappa shape index (κ1) is 24.6. The lowest BCUT2D eigenvalue weighted by Gasteiger charge is -2.26. The van der Waals surface area contributed by atoms with E-state index < -0.39 is 6.10 Å². The second-order valence-corrected chi connectivity index (χ2v) is 8.96. The minimum atomic E-state index is -0.573. The molecule has 4 aromatic rings. The van der Waals surface area contributed by atoms with Gasteiger partial charge in [-0.1, -0.05) is 65.7 Å². The van der Waals surface area contributed by atoms with E-state index in [2.05, 4.69) is 109 Å². The molecule has 178 valence electrons. The molecule has 4 nitrogen and oxygen atoms in total. The summed E-state index contributed by atoms with van der Waals surface area (Å²) in [6.07, 6.45) is 1.25. The van der Waals surface area contributed by atoms with Crippen LogP contribution in [0.5, 0.6) is 0 Å². The first-order valence-corrected chi connectivity index (χ1v) is 12.4. The second kappa shape index (κ2) is 11.7. The molecule has 0 spiro atoms. The van der Waals surface area contributed by atoms with Crippen LogP contribution in [0.15, 0.2) is 108 Å². The highest BCUT2D eigenvalue weighted by Crippen LogP contribution is 2.34. The Morgan fingerprint density at radius 3 is 1.69 bits per heavy atom. The monoisotopic (exact) mass is 481 g/mol. The van der Waals surface area contributed by atoms with E-state index in [1.165, 1.54) is 11.1 Å². The molecule has 1 N–H and O–H groups in total. The lowest BCUT2D eigenvalue weighted by Crippen LogP contribution is -2.29. The quantitative estimate of drug-likeness (QED) is 0.155. The molecule has 0 aliphatic rings. The van der Waals surface area contributed by atoms with Crippen LogP contribution in [0.1, 0.15) is 16.7 Å². The van der Waals surface area contributed by atoms with Gasteiger partial charge in [-0.3, -0.25) is 5.01 Å². The molecule has 0 aliphatic carbocycles. The Balaban J connectivity index is 1.61. The van der Waals surface area contributed by atoms with Crippen molar-refractivity contribution in [3.05, 3.63) is 120 Å². The second-order valence-electron chi connectivity index (χ2n) is 8.60. The normalized spacial score (nSPS) is 12.0. The molecule has 0 amide bonds. The number of anilines is 4. The lowest BCUT2D eigenvalue weighted by atomic mass is 10.1. The summed E-state index contributed by atoms with van der Waals surface area (Å²) < 4.78 is 0. The van der Waals surface area contributed by atoms with Gasteiger partial charge in [0.15, 0.2) is 0 Å². The van der Waals surface area contributed by atoms with E-state index in [4.69, 9.17) is 0 Å². The minimum absolute atomic E-state index is 0.372. The Hall–Kier alpha value is -3.54. The van der Waals surface area contributed by atoms with Crippen LogP contribution in [0.3, 0.4) is 0 Å². The van der Waals surface area contributed by atoms with Crippen LogP contribution >= 0.6 is 12.6 Å². The van der Waals surface area contributed by atoms with E-state index >= 15 is 0 Å². The summed E-state index contributed by atoms with van der Waals surface area (Å²) in [6.45, 7) is 4.57. The number of aliphatic hydroxyl groups is 1. The zero-order chi connectivity index (χ0) is 24.6. The molecular weight excluding hydrogens is 450 g/mol. The Bertz CT molecular complexity index is 1180. The molecule has 0 bridgehead atoms. The number of hydrogen-bond donors (Lipinski definition) is 2. The Kier molecular flexibility index (Phi) is 8.24. The SMILES string of the molecule is Cc1ccc(N(c2ccc(C)cc2)c2ccc(/C=N/N(CC(O)CS)c3ccccc3)cc2)cc1. The number of benzene rings is 4. The summed E-state index contributed by atoms with van der Waals surface area (Å²) in [5, 5.41) is 16.6. The largest absolute Gasteiger partial charge is 0.390 e. The standard InChI is InChI=1S/C30H31N3OS/c1-23-8-14-27(15-9-23)33(28-16-10-24(2)11-17-28)29-18-12-25(13-19-29)20-31-32(21-30(34)22-35)26-6-4-3-5-7-26/h3-20,30,34-35H,21-22H2,1-2H3/b31-20+. The summed E-state index contributed by atoms with van der Waals surface area (Å²) in [5.74, 6) is 0.376. The van der Waals surface area contributed by atoms with Crippen molar-refractivity contribution in [1.82, 2.24) is 0 Å². The molecule has 0 saturated heterocycles. The third-order valence-electron chi connectivity index (χ3n) is 5.73. The topological polar surface area (TPSA) is 39.1 Å². The van der Waals surface area contributed by atoms with Gasteiger partial charge in [0.2, 0.25) is 0 Å². The maximum absolute atomic E-state index is 10.1. The highest BCUT2D eigenvalue weighted by atomic mass is 32.1. The zero-order valence-electron chi connectivity index (χ0n) is 20.1. The first-order valence-electron chi connectivity index (χ1n) is 11.7. The Morgan fingerprint density at radius 2 is 1.20 bits per heavy atom. The van der Waals surface area contributed by atoms with Crippen LogP contribution in [0.4, 0.5) is 22.7 Å². The van der Waals surface area contributed by atoms with Crippen molar-refractivity contribution < 1.29 is 5.11 Å². The fraction of sp³-hybridized carbons (Fsp3) is 0.167. The number of para-hydroxylation sites is 1. The molecule has 1 unspecified atom stereocenters. The predicted molar refractivity (Wildman–Crippen MR) is 152 cm³/mol. The van der Waals surface area contributed by atoms with Gasteiger partial charge >= 0.3 is 0 Å². The van der Waals surface area contributed by atoms with Gasteiger partial charge in [-0.05, 0) is 67.9 Å². The first-order chi connectivity index (χ1) is 17.0. The Morgan fingerprint density at radius 1 is 0.714 bits per heavy atom. The van der Waals surface area contributed by atoms with Gasteiger partial charge in [-0.15, -0.1) is 0 Å². The van der Waals surface area contributed by atoms with Crippen LogP contribution < -0.4 is 9.91 Å². The van der Waals surface area contributed by atoms with E-state index in [0.717, 1.165) is 28.3 Å². The third kappa shape index (κ3) is 6.53. The van der Waals surface area contributed by atoms with E-state index in [1.807, 2.05) is 36.5 Å². The average molecular weight is 482 g/mol. The summed E-state index contributed by atoms with van der Waals surface area (Å²) >= 11 is 4.21. The zero-order valence-corrected chi connectivity index (χ0v) is 21.0.